The summed E-state index contributed by atoms with van der Waals surface area (Å²) in [7, 11) is 1.97. The fraction of sp³-hybridized carbons (Fsp3) is 0.133. The number of nitrogens with zero attached hydrogens (tertiary/aromatic N) is 2. The molecular formula is C15H13ClFN3. The molecule has 102 valence electrons. The first-order chi connectivity index (χ1) is 9.65. The molecule has 0 radical (unpaired) electrons. The van der Waals surface area contributed by atoms with Crippen molar-refractivity contribution in [1.82, 2.24) is 9.55 Å². The number of anilines is 1. The number of aromatic nitrogens is 2. The molecule has 3 aromatic rings. The van der Waals surface area contributed by atoms with Crippen LogP contribution in [0.1, 0.15) is 5.82 Å². The molecule has 2 aromatic carbocycles. The summed E-state index contributed by atoms with van der Waals surface area (Å²) in [5.41, 5.74) is 2.71. The normalized spacial score (nSPS) is 10.9. The Kier molecular flexibility index (Phi) is 3.32. The number of nitrogens with one attached hydrogen (secondary N) is 1. The smallest absolute Gasteiger partial charge is 0.143 e. The molecule has 3 rings (SSSR count). The highest BCUT2D eigenvalue weighted by Crippen LogP contribution is 2.20. The van der Waals surface area contributed by atoms with E-state index in [2.05, 4.69) is 10.3 Å². The highest BCUT2D eigenvalue weighted by atomic mass is 35.5. The van der Waals surface area contributed by atoms with Crippen molar-refractivity contribution in [1.29, 1.82) is 0 Å². The Bertz CT molecular complexity index is 767. The van der Waals surface area contributed by atoms with Crippen LogP contribution >= 0.6 is 11.6 Å². The minimum absolute atomic E-state index is 0.123. The lowest BCUT2D eigenvalue weighted by Crippen LogP contribution is -2.06. The summed E-state index contributed by atoms with van der Waals surface area (Å²) in [6.45, 7) is 0.520. The van der Waals surface area contributed by atoms with E-state index in [9.17, 15) is 4.39 Å². The molecule has 1 N–H and O–H groups in total. The first-order valence-corrected chi connectivity index (χ1v) is 6.62. The van der Waals surface area contributed by atoms with Crippen LogP contribution < -0.4 is 5.32 Å². The van der Waals surface area contributed by atoms with Crippen molar-refractivity contribution in [3.8, 4) is 0 Å². The minimum atomic E-state index is -0.429. The molecular weight excluding hydrogens is 277 g/mol. The van der Waals surface area contributed by atoms with E-state index in [4.69, 9.17) is 11.6 Å². The standard InChI is InChI=1S/C15H13ClFN3/c1-20-14-5-3-2-4-13(14)19-15(20)9-18-10-6-7-11(16)12(17)8-10/h2-8,18H,9H2,1H3. The lowest BCUT2D eigenvalue weighted by Gasteiger charge is -2.07. The second-order valence-corrected chi connectivity index (χ2v) is 4.97. The molecule has 0 fully saturated rings. The SMILES string of the molecule is Cn1c(CNc2ccc(Cl)c(F)c2)nc2ccccc21. The third kappa shape index (κ3) is 2.34. The topological polar surface area (TPSA) is 29.9 Å². The fourth-order valence-electron chi connectivity index (χ4n) is 2.14. The number of benzene rings is 2. The Balaban J connectivity index is 1.83. The molecule has 1 heterocycles. The summed E-state index contributed by atoms with van der Waals surface area (Å²) in [5.74, 6) is 0.461. The van der Waals surface area contributed by atoms with Gasteiger partial charge in [0.2, 0.25) is 0 Å². The van der Waals surface area contributed by atoms with Crippen LogP contribution in [0.25, 0.3) is 11.0 Å². The Hall–Kier alpha value is -2.07. The molecule has 0 unspecified atom stereocenters. The quantitative estimate of drug-likeness (QED) is 0.790. The summed E-state index contributed by atoms with van der Waals surface area (Å²) in [4.78, 5) is 4.55. The molecule has 0 aliphatic carbocycles. The monoisotopic (exact) mass is 289 g/mol. The van der Waals surface area contributed by atoms with Gasteiger partial charge in [0, 0.05) is 12.7 Å². The Morgan fingerprint density at radius 3 is 2.80 bits per heavy atom. The molecule has 0 atom stereocenters. The number of halogens is 2. The average Bonchev–Trinajstić information content (AvgIpc) is 2.77. The van der Waals surface area contributed by atoms with Gasteiger partial charge >= 0.3 is 0 Å². The molecule has 3 nitrogen and oxygen atoms in total. The molecule has 1 aromatic heterocycles. The summed E-state index contributed by atoms with van der Waals surface area (Å²) in [6.07, 6.45) is 0. The van der Waals surface area contributed by atoms with E-state index in [-0.39, 0.29) is 5.02 Å². The van der Waals surface area contributed by atoms with E-state index >= 15 is 0 Å². The van der Waals surface area contributed by atoms with Crippen LogP contribution in [0.5, 0.6) is 0 Å². The molecule has 0 saturated carbocycles. The van der Waals surface area contributed by atoms with Crippen molar-refractivity contribution in [2.24, 2.45) is 7.05 Å². The van der Waals surface area contributed by atoms with Crippen LogP contribution in [0.4, 0.5) is 10.1 Å². The Labute approximate surface area is 121 Å². The Morgan fingerprint density at radius 2 is 2.05 bits per heavy atom. The summed E-state index contributed by atoms with van der Waals surface area (Å²) < 4.78 is 15.4. The van der Waals surface area contributed by atoms with Crippen molar-refractivity contribution in [2.75, 3.05) is 5.32 Å². The van der Waals surface area contributed by atoms with Gasteiger partial charge in [-0.3, -0.25) is 0 Å². The zero-order valence-corrected chi connectivity index (χ0v) is 11.7. The van der Waals surface area contributed by atoms with E-state index in [1.807, 2.05) is 35.9 Å². The van der Waals surface area contributed by atoms with Gasteiger partial charge in [0.1, 0.15) is 11.6 Å². The van der Waals surface area contributed by atoms with Crippen molar-refractivity contribution < 1.29 is 4.39 Å². The summed E-state index contributed by atoms with van der Waals surface area (Å²) >= 11 is 5.66. The number of rotatable bonds is 3. The van der Waals surface area contributed by atoms with E-state index < -0.39 is 5.82 Å². The summed E-state index contributed by atoms with van der Waals surface area (Å²) in [6, 6.07) is 12.6. The van der Waals surface area contributed by atoms with Gasteiger partial charge in [-0.15, -0.1) is 0 Å². The van der Waals surface area contributed by atoms with Crippen LogP contribution in [-0.4, -0.2) is 9.55 Å². The first kappa shape index (κ1) is 12.9. The van der Waals surface area contributed by atoms with Gasteiger partial charge in [0.25, 0.3) is 0 Å². The predicted molar refractivity (Wildman–Crippen MR) is 79.5 cm³/mol. The molecule has 0 bridgehead atoms. The maximum absolute atomic E-state index is 13.4. The number of hydrogen-bond donors (Lipinski definition) is 1. The molecule has 0 saturated heterocycles. The zero-order valence-electron chi connectivity index (χ0n) is 10.9. The van der Waals surface area contributed by atoms with Crippen LogP contribution in [0.15, 0.2) is 42.5 Å². The van der Waals surface area contributed by atoms with Crippen molar-refractivity contribution in [3.63, 3.8) is 0 Å². The van der Waals surface area contributed by atoms with E-state index in [0.717, 1.165) is 16.9 Å². The lowest BCUT2D eigenvalue weighted by molar-refractivity contribution is 0.628. The van der Waals surface area contributed by atoms with Crippen molar-refractivity contribution >= 4 is 28.3 Å². The van der Waals surface area contributed by atoms with Gasteiger partial charge in [-0.1, -0.05) is 23.7 Å². The number of hydrogen-bond acceptors (Lipinski definition) is 2. The number of aryl methyl sites for hydroxylation is 1. The largest absolute Gasteiger partial charge is 0.378 e. The van der Waals surface area contributed by atoms with Gasteiger partial charge in [-0.2, -0.15) is 0 Å². The average molecular weight is 290 g/mol. The van der Waals surface area contributed by atoms with Crippen LogP contribution in [0.2, 0.25) is 5.02 Å². The van der Waals surface area contributed by atoms with Gasteiger partial charge in [0.05, 0.1) is 22.6 Å². The first-order valence-electron chi connectivity index (χ1n) is 6.24. The molecule has 0 aliphatic rings. The third-order valence-electron chi connectivity index (χ3n) is 3.25. The second-order valence-electron chi connectivity index (χ2n) is 4.56. The molecule has 0 spiro atoms. The van der Waals surface area contributed by atoms with E-state index in [1.54, 1.807) is 6.07 Å². The number of fused-ring (bicyclic) bond motifs is 1. The molecule has 0 aliphatic heterocycles. The maximum Gasteiger partial charge on any atom is 0.143 e. The van der Waals surface area contributed by atoms with Crippen LogP contribution in [0, 0.1) is 5.82 Å². The van der Waals surface area contributed by atoms with Gasteiger partial charge in [0.15, 0.2) is 0 Å². The molecule has 0 amide bonds. The highest BCUT2D eigenvalue weighted by molar-refractivity contribution is 6.30. The zero-order chi connectivity index (χ0) is 14.1. The van der Waals surface area contributed by atoms with Crippen molar-refractivity contribution in [2.45, 2.75) is 6.54 Å². The van der Waals surface area contributed by atoms with Gasteiger partial charge in [-0.05, 0) is 30.3 Å². The fourth-order valence-corrected chi connectivity index (χ4v) is 2.26. The molecule has 20 heavy (non-hydrogen) atoms. The molecule has 5 heteroatoms. The van der Waals surface area contributed by atoms with E-state index in [1.165, 1.54) is 12.1 Å². The number of imidazole rings is 1. The van der Waals surface area contributed by atoms with E-state index in [0.29, 0.717) is 12.2 Å². The third-order valence-corrected chi connectivity index (χ3v) is 3.56. The minimum Gasteiger partial charge on any atom is -0.378 e. The van der Waals surface area contributed by atoms with Crippen LogP contribution in [-0.2, 0) is 13.6 Å². The summed E-state index contributed by atoms with van der Waals surface area (Å²) in [5, 5.41) is 3.27. The maximum atomic E-state index is 13.4. The number of para-hydroxylation sites is 2. The highest BCUT2D eigenvalue weighted by Gasteiger charge is 2.07. The Morgan fingerprint density at radius 1 is 1.25 bits per heavy atom. The lowest BCUT2D eigenvalue weighted by atomic mass is 10.3. The second kappa shape index (κ2) is 5.13. The van der Waals surface area contributed by atoms with Crippen LogP contribution in [0.3, 0.4) is 0 Å². The predicted octanol–water partition coefficient (Wildman–Crippen LogP) is 3.98. The van der Waals surface area contributed by atoms with Gasteiger partial charge in [-0.25, -0.2) is 9.37 Å². The van der Waals surface area contributed by atoms with Crippen molar-refractivity contribution in [3.05, 3.63) is 59.1 Å². The van der Waals surface area contributed by atoms with Gasteiger partial charge < -0.3 is 9.88 Å².